The molecule has 0 saturated carbocycles. The normalized spacial score (nSPS) is 11.9. The summed E-state index contributed by atoms with van der Waals surface area (Å²) in [5, 5.41) is 10.3. The smallest absolute Gasteiger partial charge is 0.272 e. The first-order chi connectivity index (χ1) is 18.9. The first-order valence-electron chi connectivity index (χ1n) is 12.0. The summed E-state index contributed by atoms with van der Waals surface area (Å²) in [5.41, 5.74) is 1.40. The summed E-state index contributed by atoms with van der Waals surface area (Å²) in [4.78, 5) is 43.7. The van der Waals surface area contributed by atoms with Gasteiger partial charge >= 0.3 is 0 Å². The number of benzene rings is 3. The van der Waals surface area contributed by atoms with Crippen molar-refractivity contribution >= 4 is 57.7 Å². The number of carbonyl (C=O) groups excluding carboxylic acids is 3. The van der Waals surface area contributed by atoms with Gasteiger partial charge in [-0.15, -0.1) is 23.1 Å². The molecule has 0 fully saturated rings. The van der Waals surface area contributed by atoms with Crippen molar-refractivity contribution < 1.29 is 18.8 Å². The maximum atomic E-state index is 13.4. The molecule has 3 N–H and O–H groups in total. The van der Waals surface area contributed by atoms with Crippen molar-refractivity contribution in [3.05, 3.63) is 113 Å². The van der Waals surface area contributed by atoms with Gasteiger partial charge in [-0.1, -0.05) is 43.3 Å². The van der Waals surface area contributed by atoms with Gasteiger partial charge in [0, 0.05) is 27.7 Å². The maximum absolute atomic E-state index is 13.4. The van der Waals surface area contributed by atoms with E-state index in [0.717, 1.165) is 4.90 Å². The highest BCUT2D eigenvalue weighted by molar-refractivity contribution is 8.00. The Morgan fingerprint density at radius 2 is 1.77 bits per heavy atom. The Kier molecular flexibility index (Phi) is 9.60. The highest BCUT2D eigenvalue weighted by Crippen LogP contribution is 2.29. The SMILES string of the molecule is CCC(Sc1cccc(NC(=O)/C(=C/c2ccc(F)cc2)NC(=O)c2ccccc2)c1)C(=O)Nc1nccs1. The molecule has 0 aliphatic heterocycles. The quantitative estimate of drug-likeness (QED) is 0.158. The Labute approximate surface area is 233 Å². The molecule has 0 aliphatic rings. The number of halogens is 1. The van der Waals surface area contributed by atoms with Crippen molar-refractivity contribution in [1.29, 1.82) is 0 Å². The van der Waals surface area contributed by atoms with Crippen LogP contribution < -0.4 is 16.0 Å². The lowest BCUT2D eigenvalue weighted by atomic mass is 10.1. The molecule has 0 spiro atoms. The number of thiazole rings is 1. The van der Waals surface area contributed by atoms with Crippen molar-refractivity contribution in [1.82, 2.24) is 10.3 Å². The Morgan fingerprint density at radius 3 is 2.46 bits per heavy atom. The first-order valence-corrected chi connectivity index (χ1v) is 13.8. The molecule has 1 aromatic heterocycles. The summed E-state index contributed by atoms with van der Waals surface area (Å²) in [7, 11) is 0. The summed E-state index contributed by atoms with van der Waals surface area (Å²) in [6.07, 6.45) is 3.69. The third kappa shape index (κ3) is 8.10. The fraction of sp³-hybridized carbons (Fsp3) is 0.103. The van der Waals surface area contributed by atoms with Crippen LogP contribution in [-0.4, -0.2) is 28.0 Å². The molecule has 0 saturated heterocycles. The van der Waals surface area contributed by atoms with E-state index in [9.17, 15) is 18.8 Å². The Morgan fingerprint density at radius 1 is 1.00 bits per heavy atom. The predicted octanol–water partition coefficient (Wildman–Crippen LogP) is 6.20. The molecule has 1 unspecified atom stereocenters. The van der Waals surface area contributed by atoms with Crippen molar-refractivity contribution in [2.24, 2.45) is 0 Å². The molecule has 3 amide bonds. The maximum Gasteiger partial charge on any atom is 0.272 e. The zero-order valence-electron chi connectivity index (χ0n) is 20.9. The van der Waals surface area contributed by atoms with E-state index in [1.807, 2.05) is 13.0 Å². The number of amides is 3. The molecule has 0 radical (unpaired) electrons. The number of aromatic nitrogens is 1. The second-order valence-corrected chi connectivity index (χ2v) is 10.4. The average Bonchev–Trinajstić information content (AvgIpc) is 3.46. The topological polar surface area (TPSA) is 100 Å². The van der Waals surface area contributed by atoms with Gasteiger partial charge in [0.05, 0.1) is 5.25 Å². The predicted molar refractivity (Wildman–Crippen MR) is 154 cm³/mol. The number of hydrogen-bond donors (Lipinski definition) is 3. The number of hydrogen-bond acceptors (Lipinski definition) is 6. The zero-order valence-corrected chi connectivity index (χ0v) is 22.5. The van der Waals surface area contributed by atoms with Gasteiger partial charge in [-0.3, -0.25) is 14.4 Å². The lowest BCUT2D eigenvalue weighted by molar-refractivity contribution is -0.116. The molecule has 1 heterocycles. The lowest BCUT2D eigenvalue weighted by Gasteiger charge is -2.15. The largest absolute Gasteiger partial charge is 0.321 e. The Bertz CT molecular complexity index is 1460. The van der Waals surface area contributed by atoms with Crippen LogP contribution in [-0.2, 0) is 9.59 Å². The number of nitrogens with one attached hydrogen (secondary N) is 3. The van der Waals surface area contributed by atoms with Crippen LogP contribution in [0.25, 0.3) is 6.08 Å². The molecule has 198 valence electrons. The Hall–Kier alpha value is -4.28. The van der Waals surface area contributed by atoms with Gasteiger partial charge in [0.15, 0.2) is 5.13 Å². The zero-order chi connectivity index (χ0) is 27.6. The molecule has 39 heavy (non-hydrogen) atoms. The highest BCUT2D eigenvalue weighted by atomic mass is 32.2. The molecular weight excluding hydrogens is 535 g/mol. The van der Waals surface area contributed by atoms with E-state index in [1.165, 1.54) is 53.4 Å². The van der Waals surface area contributed by atoms with Crippen LogP contribution in [0.4, 0.5) is 15.2 Å². The second kappa shape index (κ2) is 13.5. The number of rotatable bonds is 10. The molecule has 7 nitrogen and oxygen atoms in total. The molecule has 0 aliphatic carbocycles. The molecule has 4 aromatic rings. The van der Waals surface area contributed by atoms with Crippen LogP contribution in [0.2, 0.25) is 0 Å². The first kappa shape index (κ1) is 27.7. The van der Waals surface area contributed by atoms with E-state index in [-0.39, 0.29) is 16.9 Å². The van der Waals surface area contributed by atoms with E-state index < -0.39 is 17.6 Å². The monoisotopic (exact) mass is 560 g/mol. The number of carbonyl (C=O) groups is 3. The number of thioether (sulfide) groups is 1. The molecule has 4 rings (SSSR count). The van der Waals surface area contributed by atoms with Crippen molar-refractivity contribution in [2.75, 3.05) is 10.6 Å². The van der Waals surface area contributed by atoms with Crippen LogP contribution in [0.3, 0.4) is 0 Å². The van der Waals surface area contributed by atoms with E-state index in [1.54, 1.807) is 60.1 Å². The number of anilines is 2. The van der Waals surface area contributed by atoms with Gasteiger partial charge in [0.2, 0.25) is 5.91 Å². The summed E-state index contributed by atoms with van der Waals surface area (Å²) in [6.45, 7) is 1.92. The third-order valence-corrected chi connectivity index (χ3v) is 7.45. The lowest BCUT2D eigenvalue weighted by Crippen LogP contribution is -2.30. The minimum absolute atomic E-state index is 0.0113. The van der Waals surface area contributed by atoms with Crippen LogP contribution in [0.1, 0.15) is 29.3 Å². The average molecular weight is 561 g/mol. The van der Waals surface area contributed by atoms with Gasteiger partial charge in [0.25, 0.3) is 11.8 Å². The van der Waals surface area contributed by atoms with E-state index in [4.69, 9.17) is 0 Å². The molecule has 1 atom stereocenters. The fourth-order valence-corrected chi connectivity index (χ4v) is 5.02. The Balaban J connectivity index is 1.50. The van der Waals surface area contributed by atoms with Crippen LogP contribution in [0.15, 0.2) is 101 Å². The summed E-state index contributed by atoms with van der Waals surface area (Å²) >= 11 is 2.72. The van der Waals surface area contributed by atoms with E-state index in [0.29, 0.717) is 28.4 Å². The fourth-order valence-electron chi connectivity index (χ4n) is 3.47. The summed E-state index contributed by atoms with van der Waals surface area (Å²) in [6, 6.07) is 21.2. The van der Waals surface area contributed by atoms with Crippen molar-refractivity contribution in [3.63, 3.8) is 0 Å². The molecule has 10 heteroatoms. The molecule has 0 bridgehead atoms. The van der Waals surface area contributed by atoms with Gasteiger partial charge in [-0.05, 0) is 60.5 Å². The van der Waals surface area contributed by atoms with Gasteiger partial charge < -0.3 is 16.0 Å². The minimum Gasteiger partial charge on any atom is -0.321 e. The second-order valence-electron chi connectivity index (χ2n) is 8.25. The van der Waals surface area contributed by atoms with Crippen LogP contribution in [0.5, 0.6) is 0 Å². The number of nitrogens with zero attached hydrogens (tertiary/aromatic N) is 1. The van der Waals surface area contributed by atoms with Crippen molar-refractivity contribution in [3.8, 4) is 0 Å². The van der Waals surface area contributed by atoms with Gasteiger partial charge in [-0.2, -0.15) is 0 Å². The third-order valence-electron chi connectivity index (χ3n) is 5.41. The van der Waals surface area contributed by atoms with E-state index in [2.05, 4.69) is 20.9 Å². The highest BCUT2D eigenvalue weighted by Gasteiger charge is 2.20. The minimum atomic E-state index is -0.556. The molecular formula is C29H25FN4O3S2. The van der Waals surface area contributed by atoms with Crippen LogP contribution >= 0.6 is 23.1 Å². The van der Waals surface area contributed by atoms with E-state index >= 15 is 0 Å². The molecule has 3 aromatic carbocycles. The van der Waals surface area contributed by atoms with Gasteiger partial charge in [0.1, 0.15) is 11.5 Å². The standard InChI is InChI=1S/C29H25FN4O3S2/c1-2-25(28(37)34-29-31-15-16-38-29)39-23-10-6-9-22(18-23)32-27(36)24(17-19-11-13-21(30)14-12-19)33-26(35)20-7-4-3-5-8-20/h3-18,25H,2H2,1H3,(H,32,36)(H,33,35)(H,31,34,37)/b24-17-. The van der Waals surface area contributed by atoms with Crippen LogP contribution in [0, 0.1) is 5.82 Å². The summed E-state index contributed by atoms with van der Waals surface area (Å²) < 4.78 is 13.4. The van der Waals surface area contributed by atoms with Crippen molar-refractivity contribution in [2.45, 2.75) is 23.5 Å². The van der Waals surface area contributed by atoms with Gasteiger partial charge in [-0.25, -0.2) is 9.37 Å². The summed E-state index contributed by atoms with van der Waals surface area (Å²) in [5.74, 6) is -1.58.